The van der Waals surface area contributed by atoms with Crippen molar-refractivity contribution >= 4 is 16.8 Å². The average molecular weight is 326 g/mol. The Morgan fingerprint density at radius 2 is 2.08 bits per heavy atom. The maximum absolute atomic E-state index is 13.0. The second-order valence-electron chi connectivity index (χ2n) is 6.72. The van der Waals surface area contributed by atoms with Gasteiger partial charge in [-0.1, -0.05) is 18.2 Å². The van der Waals surface area contributed by atoms with E-state index in [-0.39, 0.29) is 17.6 Å². The minimum atomic E-state index is -0.0994. The van der Waals surface area contributed by atoms with Gasteiger partial charge in [0.2, 0.25) is 0 Å². The van der Waals surface area contributed by atoms with Crippen molar-refractivity contribution < 1.29 is 14.3 Å². The molecule has 1 aromatic heterocycles. The molecule has 3 heterocycles. The summed E-state index contributed by atoms with van der Waals surface area (Å²) < 4.78 is 11.4. The van der Waals surface area contributed by atoms with Crippen LogP contribution in [-0.2, 0) is 9.47 Å². The molecule has 1 spiro atoms. The van der Waals surface area contributed by atoms with Crippen molar-refractivity contribution in [3.8, 4) is 0 Å². The zero-order chi connectivity index (χ0) is 16.6. The summed E-state index contributed by atoms with van der Waals surface area (Å²) in [6.45, 7) is 2.12. The van der Waals surface area contributed by atoms with Crippen molar-refractivity contribution in [2.45, 2.75) is 31.0 Å². The molecule has 2 aromatic rings. The molecule has 0 saturated carbocycles. The molecule has 1 aromatic carbocycles. The third-order valence-corrected chi connectivity index (χ3v) is 5.35. The average Bonchev–Trinajstić information content (AvgIpc) is 3.04. The lowest BCUT2D eigenvalue weighted by molar-refractivity contribution is -0.0401. The number of pyridine rings is 1. The molecule has 1 amide bonds. The standard InChI is InChI=1S/C19H22N2O3/c1-23-14-12-19(24-13-14)7-10-21(11-8-19)18(22)16-6-9-20-17-5-3-2-4-15(16)17/h2-6,9,14H,7-8,10-13H2,1H3. The molecule has 4 rings (SSSR count). The summed E-state index contributed by atoms with van der Waals surface area (Å²) in [6.07, 6.45) is 4.59. The first-order valence-electron chi connectivity index (χ1n) is 8.51. The SMILES string of the molecule is COC1COC2(CCN(C(=O)c3ccnc4ccccc34)CC2)C1. The van der Waals surface area contributed by atoms with Crippen LogP contribution in [0.5, 0.6) is 0 Å². The maximum atomic E-state index is 13.0. The summed E-state index contributed by atoms with van der Waals surface area (Å²) in [4.78, 5) is 19.3. The van der Waals surface area contributed by atoms with Gasteiger partial charge >= 0.3 is 0 Å². The zero-order valence-electron chi connectivity index (χ0n) is 13.9. The van der Waals surface area contributed by atoms with E-state index in [0.29, 0.717) is 6.61 Å². The number of carbonyl (C=O) groups excluding carboxylic acids is 1. The fourth-order valence-corrected chi connectivity index (χ4v) is 3.87. The number of nitrogens with zero attached hydrogens (tertiary/aromatic N) is 2. The summed E-state index contributed by atoms with van der Waals surface area (Å²) >= 11 is 0. The molecule has 0 N–H and O–H groups in total. The number of ether oxygens (including phenoxy) is 2. The van der Waals surface area contributed by atoms with Gasteiger partial charge in [0.05, 0.1) is 29.4 Å². The van der Waals surface area contributed by atoms with Crippen LogP contribution in [0.2, 0.25) is 0 Å². The van der Waals surface area contributed by atoms with Crippen LogP contribution < -0.4 is 0 Å². The summed E-state index contributed by atoms with van der Waals surface area (Å²) in [5.74, 6) is 0.0877. The second-order valence-corrected chi connectivity index (χ2v) is 6.72. The molecule has 2 saturated heterocycles. The molecular weight excluding hydrogens is 304 g/mol. The molecule has 5 nitrogen and oxygen atoms in total. The Balaban J connectivity index is 1.50. The van der Waals surface area contributed by atoms with Crippen molar-refractivity contribution in [1.29, 1.82) is 0 Å². The number of benzene rings is 1. The first-order chi connectivity index (χ1) is 11.7. The number of piperidine rings is 1. The topological polar surface area (TPSA) is 51.7 Å². The fourth-order valence-electron chi connectivity index (χ4n) is 3.87. The highest BCUT2D eigenvalue weighted by Crippen LogP contribution is 2.37. The molecule has 126 valence electrons. The molecule has 2 aliphatic heterocycles. The lowest BCUT2D eigenvalue weighted by Crippen LogP contribution is -2.46. The largest absolute Gasteiger partial charge is 0.379 e. The lowest BCUT2D eigenvalue weighted by atomic mass is 9.87. The van der Waals surface area contributed by atoms with E-state index >= 15 is 0 Å². The van der Waals surface area contributed by atoms with Crippen molar-refractivity contribution in [3.63, 3.8) is 0 Å². The van der Waals surface area contributed by atoms with Gasteiger partial charge in [0.15, 0.2) is 0 Å². The Kier molecular flexibility index (Phi) is 3.98. The van der Waals surface area contributed by atoms with E-state index in [1.165, 1.54) is 0 Å². The molecule has 2 fully saturated rings. The highest BCUT2D eigenvalue weighted by atomic mass is 16.6. The van der Waals surface area contributed by atoms with E-state index in [0.717, 1.165) is 48.8 Å². The Hall–Kier alpha value is -1.98. The number of para-hydroxylation sites is 1. The predicted octanol–water partition coefficient (Wildman–Crippen LogP) is 2.64. The third-order valence-electron chi connectivity index (χ3n) is 5.35. The molecule has 0 bridgehead atoms. The van der Waals surface area contributed by atoms with Crippen LogP contribution in [0.3, 0.4) is 0 Å². The number of fused-ring (bicyclic) bond motifs is 1. The number of hydrogen-bond donors (Lipinski definition) is 0. The number of likely N-dealkylation sites (tertiary alicyclic amines) is 1. The molecule has 24 heavy (non-hydrogen) atoms. The van der Waals surface area contributed by atoms with Crippen LogP contribution in [0.1, 0.15) is 29.6 Å². The van der Waals surface area contributed by atoms with Gasteiger partial charge in [-0.25, -0.2) is 0 Å². The monoisotopic (exact) mass is 326 g/mol. The van der Waals surface area contributed by atoms with Gasteiger partial charge in [-0.15, -0.1) is 0 Å². The van der Waals surface area contributed by atoms with Gasteiger partial charge in [-0.05, 0) is 25.0 Å². The van der Waals surface area contributed by atoms with E-state index in [1.807, 2.05) is 35.2 Å². The fraction of sp³-hybridized carbons (Fsp3) is 0.474. The van der Waals surface area contributed by atoms with Crippen molar-refractivity contribution in [2.24, 2.45) is 0 Å². The van der Waals surface area contributed by atoms with Crippen LogP contribution in [0, 0.1) is 0 Å². The number of carbonyl (C=O) groups is 1. The van der Waals surface area contributed by atoms with Crippen molar-refractivity contribution in [1.82, 2.24) is 9.88 Å². The molecule has 0 radical (unpaired) electrons. The van der Waals surface area contributed by atoms with E-state index in [2.05, 4.69) is 4.98 Å². The first-order valence-corrected chi connectivity index (χ1v) is 8.51. The molecule has 2 aliphatic rings. The quantitative estimate of drug-likeness (QED) is 0.851. The Labute approximate surface area is 141 Å². The third kappa shape index (κ3) is 2.68. The number of rotatable bonds is 2. The lowest BCUT2D eigenvalue weighted by Gasteiger charge is -2.38. The molecule has 1 unspecified atom stereocenters. The van der Waals surface area contributed by atoms with Crippen LogP contribution >= 0.6 is 0 Å². The van der Waals surface area contributed by atoms with Crippen molar-refractivity contribution in [3.05, 3.63) is 42.1 Å². The molecule has 5 heteroatoms. The highest BCUT2D eigenvalue weighted by molar-refractivity contribution is 6.05. The Bertz CT molecular complexity index is 748. The van der Waals surface area contributed by atoms with Gasteiger partial charge in [0, 0.05) is 38.2 Å². The molecular formula is C19H22N2O3. The van der Waals surface area contributed by atoms with Gasteiger partial charge in [0.1, 0.15) is 0 Å². The van der Waals surface area contributed by atoms with Crippen LogP contribution in [0.15, 0.2) is 36.5 Å². The van der Waals surface area contributed by atoms with Gasteiger partial charge < -0.3 is 14.4 Å². The Morgan fingerprint density at radius 3 is 2.83 bits per heavy atom. The number of amides is 1. The van der Waals surface area contributed by atoms with Gasteiger partial charge in [-0.2, -0.15) is 0 Å². The minimum Gasteiger partial charge on any atom is -0.379 e. The summed E-state index contributed by atoms with van der Waals surface area (Å²) in [5.41, 5.74) is 1.50. The van der Waals surface area contributed by atoms with E-state index in [4.69, 9.17) is 9.47 Å². The van der Waals surface area contributed by atoms with Crippen LogP contribution in [0.25, 0.3) is 10.9 Å². The second kappa shape index (κ2) is 6.15. The number of aromatic nitrogens is 1. The minimum absolute atomic E-state index is 0.0877. The maximum Gasteiger partial charge on any atom is 0.254 e. The normalized spacial score (nSPS) is 23.0. The smallest absolute Gasteiger partial charge is 0.254 e. The number of hydrogen-bond acceptors (Lipinski definition) is 4. The first kappa shape index (κ1) is 15.5. The van der Waals surface area contributed by atoms with Gasteiger partial charge in [0.25, 0.3) is 5.91 Å². The molecule has 1 atom stereocenters. The van der Waals surface area contributed by atoms with E-state index < -0.39 is 0 Å². The zero-order valence-corrected chi connectivity index (χ0v) is 13.9. The van der Waals surface area contributed by atoms with Crippen LogP contribution in [0.4, 0.5) is 0 Å². The highest BCUT2D eigenvalue weighted by Gasteiger charge is 2.43. The summed E-state index contributed by atoms with van der Waals surface area (Å²) in [7, 11) is 1.74. The Morgan fingerprint density at radius 1 is 1.29 bits per heavy atom. The van der Waals surface area contributed by atoms with E-state index in [1.54, 1.807) is 13.3 Å². The molecule has 0 aliphatic carbocycles. The number of methoxy groups -OCH3 is 1. The summed E-state index contributed by atoms with van der Waals surface area (Å²) in [6, 6.07) is 9.61. The summed E-state index contributed by atoms with van der Waals surface area (Å²) in [5, 5.41) is 0.918. The van der Waals surface area contributed by atoms with E-state index in [9.17, 15) is 4.79 Å². The van der Waals surface area contributed by atoms with Crippen LogP contribution in [-0.4, -0.2) is 54.3 Å². The predicted molar refractivity (Wildman–Crippen MR) is 91.0 cm³/mol. The van der Waals surface area contributed by atoms with Gasteiger partial charge in [-0.3, -0.25) is 9.78 Å². The van der Waals surface area contributed by atoms with Crippen molar-refractivity contribution in [2.75, 3.05) is 26.8 Å².